The number of fused-ring (bicyclic) bond motifs is 2. The summed E-state index contributed by atoms with van der Waals surface area (Å²) in [5, 5.41) is 5.53. The molecule has 1 fully saturated rings. The van der Waals surface area contributed by atoms with Crippen LogP contribution in [-0.2, 0) is 9.53 Å². The Labute approximate surface area is 171 Å². The molecule has 1 saturated heterocycles. The fourth-order valence-electron chi connectivity index (χ4n) is 3.87. The quantitative estimate of drug-likeness (QED) is 0.611. The van der Waals surface area contributed by atoms with Crippen LogP contribution in [-0.4, -0.2) is 62.2 Å². The van der Waals surface area contributed by atoms with E-state index in [1.54, 1.807) is 15.4 Å². The van der Waals surface area contributed by atoms with E-state index in [-0.39, 0.29) is 17.5 Å². The van der Waals surface area contributed by atoms with E-state index in [2.05, 4.69) is 5.10 Å². The minimum absolute atomic E-state index is 0.0641. The van der Waals surface area contributed by atoms with Crippen LogP contribution < -0.4 is 5.56 Å². The highest BCUT2D eigenvalue weighted by atomic mass is 32.2. The molecule has 150 valence electrons. The molecular weight excluding hydrogens is 390 g/mol. The molecule has 1 amide bonds. The second-order valence-electron chi connectivity index (χ2n) is 7.36. The van der Waals surface area contributed by atoms with Gasteiger partial charge >= 0.3 is 0 Å². The maximum Gasteiger partial charge on any atom is 0.265 e. The molecule has 8 nitrogen and oxygen atoms in total. The van der Waals surface area contributed by atoms with Gasteiger partial charge in [-0.25, -0.2) is 9.67 Å². The van der Waals surface area contributed by atoms with Gasteiger partial charge in [-0.3, -0.25) is 14.2 Å². The summed E-state index contributed by atoms with van der Waals surface area (Å²) >= 11 is 1.52. The van der Waals surface area contributed by atoms with Crippen molar-refractivity contribution in [2.45, 2.75) is 24.5 Å². The summed E-state index contributed by atoms with van der Waals surface area (Å²) in [6.07, 6.45) is 1.88. The smallest absolute Gasteiger partial charge is 0.265 e. The van der Waals surface area contributed by atoms with E-state index in [4.69, 9.17) is 9.72 Å². The summed E-state index contributed by atoms with van der Waals surface area (Å²) in [7, 11) is 0. The lowest BCUT2D eigenvalue weighted by atomic mass is 10.2. The first-order chi connectivity index (χ1) is 14.1. The fraction of sp³-hybridized carbons (Fsp3) is 0.400. The Morgan fingerprint density at radius 3 is 2.93 bits per heavy atom. The first-order valence-corrected chi connectivity index (χ1v) is 10.7. The largest absolute Gasteiger partial charge is 0.378 e. The SMILES string of the molecule is Cc1cccc(-n2ncc3c(=O)n4c(nc32)SCC4CC(=O)N2CCOCC2)c1. The van der Waals surface area contributed by atoms with Crippen molar-refractivity contribution in [2.75, 3.05) is 32.1 Å². The first kappa shape index (κ1) is 18.4. The van der Waals surface area contributed by atoms with Crippen LogP contribution >= 0.6 is 11.8 Å². The van der Waals surface area contributed by atoms with Crippen molar-refractivity contribution < 1.29 is 9.53 Å². The molecule has 1 atom stereocenters. The minimum Gasteiger partial charge on any atom is -0.378 e. The summed E-state index contributed by atoms with van der Waals surface area (Å²) in [5.41, 5.74) is 2.41. The van der Waals surface area contributed by atoms with Gasteiger partial charge in [-0.2, -0.15) is 5.10 Å². The average Bonchev–Trinajstić information content (AvgIpc) is 3.34. The standard InChI is InChI=1S/C20H21N5O3S/c1-13-3-2-4-14(9-13)25-18-16(11-21-25)19(27)24-15(12-29-20(24)22-18)10-17(26)23-5-7-28-8-6-23/h2-4,9,11,15H,5-8,10,12H2,1H3. The number of carbonyl (C=O) groups excluding carboxylic acids is 1. The Bertz CT molecular complexity index is 1150. The Balaban J connectivity index is 1.49. The molecule has 2 aliphatic rings. The van der Waals surface area contributed by atoms with E-state index >= 15 is 0 Å². The molecule has 2 aromatic heterocycles. The molecule has 0 bridgehead atoms. The van der Waals surface area contributed by atoms with E-state index < -0.39 is 0 Å². The Hall–Kier alpha value is -2.65. The van der Waals surface area contributed by atoms with E-state index in [9.17, 15) is 9.59 Å². The second-order valence-corrected chi connectivity index (χ2v) is 8.35. The molecule has 29 heavy (non-hydrogen) atoms. The van der Waals surface area contributed by atoms with Crippen molar-refractivity contribution in [1.29, 1.82) is 0 Å². The van der Waals surface area contributed by atoms with Gasteiger partial charge in [0.1, 0.15) is 5.39 Å². The van der Waals surface area contributed by atoms with Gasteiger partial charge in [-0.15, -0.1) is 0 Å². The molecule has 0 N–H and O–H groups in total. The van der Waals surface area contributed by atoms with Crippen LogP contribution in [0, 0.1) is 6.92 Å². The number of nitrogens with zero attached hydrogens (tertiary/aromatic N) is 5. The van der Waals surface area contributed by atoms with E-state index in [1.807, 2.05) is 36.1 Å². The fourth-order valence-corrected chi connectivity index (χ4v) is 5.00. The number of amides is 1. The first-order valence-electron chi connectivity index (χ1n) is 9.67. The molecule has 0 spiro atoms. The molecule has 9 heteroatoms. The summed E-state index contributed by atoms with van der Waals surface area (Å²) in [6.45, 7) is 4.38. The van der Waals surface area contributed by atoms with Crippen molar-refractivity contribution in [3.63, 3.8) is 0 Å². The highest BCUT2D eigenvalue weighted by Gasteiger charge is 2.31. The number of morpholine rings is 1. The molecule has 4 heterocycles. The van der Waals surface area contributed by atoms with Crippen LogP contribution in [0.3, 0.4) is 0 Å². The predicted octanol–water partition coefficient (Wildman–Crippen LogP) is 1.79. The second kappa shape index (κ2) is 7.31. The van der Waals surface area contributed by atoms with Crippen molar-refractivity contribution >= 4 is 28.7 Å². The number of benzene rings is 1. The van der Waals surface area contributed by atoms with Crippen LogP contribution in [0.25, 0.3) is 16.7 Å². The zero-order valence-electron chi connectivity index (χ0n) is 16.1. The third kappa shape index (κ3) is 3.24. The number of hydrogen-bond acceptors (Lipinski definition) is 6. The molecule has 0 saturated carbocycles. The van der Waals surface area contributed by atoms with Gasteiger partial charge in [-0.1, -0.05) is 23.9 Å². The number of hydrogen-bond donors (Lipinski definition) is 0. The van der Waals surface area contributed by atoms with Crippen LogP contribution in [0.15, 0.2) is 40.4 Å². The summed E-state index contributed by atoms with van der Waals surface area (Å²) in [4.78, 5) is 32.4. The van der Waals surface area contributed by atoms with Gasteiger partial charge in [0.15, 0.2) is 10.8 Å². The van der Waals surface area contributed by atoms with E-state index in [0.29, 0.717) is 54.7 Å². The number of thioether (sulfide) groups is 1. The van der Waals surface area contributed by atoms with E-state index in [1.165, 1.54) is 11.8 Å². The van der Waals surface area contributed by atoms with Crippen LogP contribution in [0.2, 0.25) is 0 Å². The number of rotatable bonds is 3. The van der Waals surface area contributed by atoms with Gasteiger partial charge in [0.2, 0.25) is 5.91 Å². The van der Waals surface area contributed by atoms with Gasteiger partial charge in [0, 0.05) is 25.3 Å². The normalized spacial score (nSPS) is 18.9. The molecular formula is C20H21N5O3S. The third-order valence-electron chi connectivity index (χ3n) is 5.39. The monoisotopic (exact) mass is 411 g/mol. The minimum atomic E-state index is -0.183. The predicted molar refractivity (Wildman–Crippen MR) is 110 cm³/mol. The maximum absolute atomic E-state index is 13.2. The average molecular weight is 411 g/mol. The van der Waals surface area contributed by atoms with E-state index in [0.717, 1.165) is 11.3 Å². The molecule has 3 aromatic rings. The summed E-state index contributed by atoms with van der Waals surface area (Å²) in [5.74, 6) is 0.734. The molecule has 5 rings (SSSR count). The van der Waals surface area contributed by atoms with Crippen LogP contribution in [0.4, 0.5) is 0 Å². The molecule has 1 unspecified atom stereocenters. The zero-order chi connectivity index (χ0) is 20.0. The molecule has 1 aromatic carbocycles. The lowest BCUT2D eigenvalue weighted by Crippen LogP contribution is -2.42. The van der Waals surface area contributed by atoms with Gasteiger partial charge in [0.25, 0.3) is 5.56 Å². The molecule has 0 radical (unpaired) electrons. The number of aryl methyl sites for hydroxylation is 1. The van der Waals surface area contributed by atoms with Gasteiger partial charge in [0.05, 0.1) is 31.1 Å². The topological polar surface area (TPSA) is 82.2 Å². The van der Waals surface area contributed by atoms with Gasteiger partial charge in [-0.05, 0) is 24.6 Å². The zero-order valence-corrected chi connectivity index (χ0v) is 16.9. The Morgan fingerprint density at radius 2 is 2.14 bits per heavy atom. The van der Waals surface area contributed by atoms with Crippen molar-refractivity contribution in [2.24, 2.45) is 0 Å². The van der Waals surface area contributed by atoms with Crippen molar-refractivity contribution in [3.05, 3.63) is 46.4 Å². The highest BCUT2D eigenvalue weighted by molar-refractivity contribution is 7.99. The van der Waals surface area contributed by atoms with Crippen molar-refractivity contribution in [1.82, 2.24) is 24.2 Å². The third-order valence-corrected chi connectivity index (χ3v) is 6.49. The lowest BCUT2D eigenvalue weighted by Gasteiger charge is -2.28. The summed E-state index contributed by atoms with van der Waals surface area (Å²) < 4.78 is 8.70. The lowest BCUT2D eigenvalue weighted by molar-refractivity contribution is -0.135. The number of aromatic nitrogens is 4. The maximum atomic E-state index is 13.2. The Morgan fingerprint density at radius 1 is 1.31 bits per heavy atom. The highest BCUT2D eigenvalue weighted by Crippen LogP contribution is 2.33. The molecule has 0 aliphatic carbocycles. The van der Waals surface area contributed by atoms with Gasteiger partial charge < -0.3 is 9.64 Å². The number of ether oxygens (including phenoxy) is 1. The summed E-state index contributed by atoms with van der Waals surface area (Å²) in [6, 6.07) is 7.75. The van der Waals surface area contributed by atoms with Crippen molar-refractivity contribution in [3.8, 4) is 5.69 Å². The van der Waals surface area contributed by atoms with Crippen LogP contribution in [0.5, 0.6) is 0 Å². The van der Waals surface area contributed by atoms with Crippen LogP contribution in [0.1, 0.15) is 18.0 Å². The molecule has 2 aliphatic heterocycles. The number of carbonyl (C=O) groups is 1. The Kier molecular flexibility index (Phi) is 4.63.